The lowest BCUT2D eigenvalue weighted by Gasteiger charge is -2.31. The third-order valence-electron chi connectivity index (χ3n) is 4.87. The molecular formula is C19H23N3O4S. The van der Waals surface area contributed by atoms with Crippen LogP contribution in [0.15, 0.2) is 29.2 Å². The fourth-order valence-corrected chi connectivity index (χ4v) is 5.15. The van der Waals surface area contributed by atoms with E-state index in [1.54, 1.807) is 18.2 Å². The number of aromatic nitrogens is 2. The minimum Gasteiger partial charge on any atom is -0.493 e. The van der Waals surface area contributed by atoms with Gasteiger partial charge >= 0.3 is 6.01 Å². The second-order valence-electron chi connectivity index (χ2n) is 7.05. The Morgan fingerprint density at radius 2 is 1.96 bits per heavy atom. The molecule has 0 saturated carbocycles. The van der Waals surface area contributed by atoms with Crippen LogP contribution in [0.4, 0.5) is 0 Å². The monoisotopic (exact) mass is 389 g/mol. The first-order valence-electron chi connectivity index (χ1n) is 9.16. The van der Waals surface area contributed by atoms with Gasteiger partial charge in [0.05, 0.1) is 18.0 Å². The van der Waals surface area contributed by atoms with Gasteiger partial charge in [-0.15, -0.1) is 0 Å². The summed E-state index contributed by atoms with van der Waals surface area (Å²) in [6.07, 6.45) is 2.00. The fraction of sp³-hybridized carbons (Fsp3) is 0.474. The highest BCUT2D eigenvalue weighted by molar-refractivity contribution is 7.89. The summed E-state index contributed by atoms with van der Waals surface area (Å²) in [5.41, 5.74) is 2.61. The summed E-state index contributed by atoms with van der Waals surface area (Å²) in [7, 11) is -3.57. The van der Waals surface area contributed by atoms with Crippen molar-refractivity contribution in [3.05, 3.63) is 41.2 Å². The Morgan fingerprint density at radius 1 is 1.19 bits per heavy atom. The molecule has 1 aromatic carbocycles. The smallest absolute Gasteiger partial charge is 0.317 e. The predicted octanol–water partition coefficient (Wildman–Crippen LogP) is 2.26. The molecule has 2 aliphatic rings. The minimum atomic E-state index is -3.57. The Labute approximate surface area is 159 Å². The van der Waals surface area contributed by atoms with Crippen LogP contribution in [0.1, 0.15) is 29.8 Å². The van der Waals surface area contributed by atoms with Crippen molar-refractivity contribution in [3.63, 3.8) is 0 Å². The molecule has 4 rings (SSSR count). The Hall–Kier alpha value is -2.19. The summed E-state index contributed by atoms with van der Waals surface area (Å²) in [6.45, 7) is 5.16. The number of nitrogens with zero attached hydrogens (tertiary/aromatic N) is 3. The Bertz CT molecular complexity index is 941. The Balaban J connectivity index is 1.51. The summed E-state index contributed by atoms with van der Waals surface area (Å²) >= 11 is 0. The molecule has 8 heteroatoms. The molecule has 2 aromatic rings. The molecule has 0 N–H and O–H groups in total. The van der Waals surface area contributed by atoms with Gasteiger partial charge in [-0.1, -0.05) is 0 Å². The van der Waals surface area contributed by atoms with Gasteiger partial charge in [0.25, 0.3) is 0 Å². The molecule has 0 spiro atoms. The maximum Gasteiger partial charge on any atom is 0.317 e. The third-order valence-corrected chi connectivity index (χ3v) is 6.73. The average Bonchev–Trinajstić information content (AvgIpc) is 3.09. The van der Waals surface area contributed by atoms with Gasteiger partial charge in [0.2, 0.25) is 10.0 Å². The van der Waals surface area contributed by atoms with Crippen molar-refractivity contribution in [2.45, 2.75) is 44.1 Å². The summed E-state index contributed by atoms with van der Waals surface area (Å²) in [4.78, 5) is 8.91. The van der Waals surface area contributed by atoms with Crippen LogP contribution >= 0.6 is 0 Å². The van der Waals surface area contributed by atoms with E-state index in [0.717, 1.165) is 42.0 Å². The normalized spacial score (nSPS) is 20.1. The topological polar surface area (TPSA) is 81.6 Å². The second kappa shape index (κ2) is 7.09. The van der Waals surface area contributed by atoms with Crippen molar-refractivity contribution in [1.82, 2.24) is 14.3 Å². The van der Waals surface area contributed by atoms with Crippen LogP contribution in [0.3, 0.4) is 0 Å². The molecule has 1 atom stereocenters. The summed E-state index contributed by atoms with van der Waals surface area (Å²) in [5.74, 6) is 0.778. The standard InChI is InChI=1S/C19H23N3O4S/c1-13-10-14(2)21-19(20-13)26-16-4-3-8-22(12-16)27(23,24)17-5-6-18-15(11-17)7-9-25-18/h5-6,10-11,16H,3-4,7-9,12H2,1-2H3. The lowest BCUT2D eigenvalue weighted by Crippen LogP contribution is -2.44. The van der Waals surface area contributed by atoms with E-state index >= 15 is 0 Å². The first kappa shape index (κ1) is 18.2. The predicted molar refractivity (Wildman–Crippen MR) is 99.6 cm³/mol. The van der Waals surface area contributed by atoms with Gasteiger partial charge in [0, 0.05) is 24.4 Å². The number of rotatable bonds is 4. The van der Waals surface area contributed by atoms with Crippen molar-refractivity contribution >= 4 is 10.0 Å². The van der Waals surface area contributed by atoms with Gasteiger partial charge in [0.15, 0.2) is 0 Å². The van der Waals surface area contributed by atoms with Crippen molar-refractivity contribution in [2.24, 2.45) is 0 Å². The van der Waals surface area contributed by atoms with Crippen LogP contribution in [0, 0.1) is 13.8 Å². The molecule has 3 heterocycles. The van der Waals surface area contributed by atoms with Crippen LogP contribution in [0.25, 0.3) is 0 Å². The lowest BCUT2D eigenvalue weighted by molar-refractivity contribution is 0.119. The zero-order valence-corrected chi connectivity index (χ0v) is 16.3. The maximum absolute atomic E-state index is 13.1. The Morgan fingerprint density at radius 3 is 2.74 bits per heavy atom. The zero-order chi connectivity index (χ0) is 19.0. The van der Waals surface area contributed by atoms with Gasteiger partial charge in [-0.3, -0.25) is 0 Å². The number of hydrogen-bond donors (Lipinski definition) is 0. The van der Waals surface area contributed by atoms with E-state index in [2.05, 4.69) is 9.97 Å². The van der Waals surface area contributed by atoms with E-state index in [1.165, 1.54) is 4.31 Å². The van der Waals surface area contributed by atoms with Crippen molar-refractivity contribution in [1.29, 1.82) is 0 Å². The molecule has 7 nitrogen and oxygen atoms in total. The highest BCUT2D eigenvalue weighted by atomic mass is 32.2. The van der Waals surface area contributed by atoms with Gasteiger partial charge < -0.3 is 9.47 Å². The largest absolute Gasteiger partial charge is 0.493 e. The number of aryl methyl sites for hydroxylation is 2. The molecule has 1 fully saturated rings. The van der Waals surface area contributed by atoms with E-state index in [1.807, 2.05) is 19.9 Å². The van der Waals surface area contributed by atoms with Gasteiger partial charge in [-0.25, -0.2) is 18.4 Å². The molecule has 0 amide bonds. The molecule has 1 unspecified atom stereocenters. The lowest BCUT2D eigenvalue weighted by atomic mass is 10.1. The van der Waals surface area contributed by atoms with Gasteiger partial charge in [-0.2, -0.15) is 4.31 Å². The SMILES string of the molecule is Cc1cc(C)nc(OC2CCCN(S(=O)(=O)c3ccc4c(c3)CCO4)C2)n1. The van der Waals surface area contributed by atoms with E-state index in [-0.39, 0.29) is 6.10 Å². The molecule has 0 radical (unpaired) electrons. The number of sulfonamides is 1. The molecule has 1 aromatic heterocycles. The van der Waals surface area contributed by atoms with E-state index in [4.69, 9.17) is 9.47 Å². The number of benzene rings is 1. The molecule has 27 heavy (non-hydrogen) atoms. The first-order valence-corrected chi connectivity index (χ1v) is 10.6. The van der Waals surface area contributed by atoms with Crippen molar-refractivity contribution < 1.29 is 17.9 Å². The van der Waals surface area contributed by atoms with Crippen molar-refractivity contribution in [2.75, 3.05) is 19.7 Å². The number of hydrogen-bond acceptors (Lipinski definition) is 6. The van der Waals surface area contributed by atoms with Gasteiger partial charge in [-0.05, 0) is 56.5 Å². The summed E-state index contributed by atoms with van der Waals surface area (Å²) < 4.78 is 39.1. The quantitative estimate of drug-likeness (QED) is 0.798. The average molecular weight is 389 g/mol. The fourth-order valence-electron chi connectivity index (χ4n) is 3.59. The van der Waals surface area contributed by atoms with E-state index in [9.17, 15) is 8.42 Å². The zero-order valence-electron chi connectivity index (χ0n) is 15.5. The van der Waals surface area contributed by atoms with Gasteiger partial charge in [0.1, 0.15) is 11.9 Å². The van der Waals surface area contributed by atoms with Crippen LogP contribution in [-0.2, 0) is 16.4 Å². The minimum absolute atomic E-state index is 0.257. The molecule has 0 bridgehead atoms. The van der Waals surface area contributed by atoms with E-state index in [0.29, 0.717) is 30.6 Å². The summed E-state index contributed by atoms with van der Waals surface area (Å²) in [5, 5.41) is 0. The molecule has 0 aliphatic carbocycles. The summed E-state index contributed by atoms with van der Waals surface area (Å²) in [6, 6.07) is 7.29. The van der Waals surface area contributed by atoms with Crippen LogP contribution in [0.5, 0.6) is 11.8 Å². The maximum atomic E-state index is 13.1. The molecular weight excluding hydrogens is 366 g/mol. The Kier molecular flexibility index (Phi) is 4.77. The molecule has 2 aliphatic heterocycles. The van der Waals surface area contributed by atoms with Crippen molar-refractivity contribution in [3.8, 4) is 11.8 Å². The second-order valence-corrected chi connectivity index (χ2v) is 8.98. The van der Waals surface area contributed by atoms with Crippen LogP contribution < -0.4 is 9.47 Å². The number of piperidine rings is 1. The number of fused-ring (bicyclic) bond motifs is 1. The highest BCUT2D eigenvalue weighted by Gasteiger charge is 2.32. The molecule has 144 valence electrons. The van der Waals surface area contributed by atoms with E-state index < -0.39 is 10.0 Å². The van der Waals surface area contributed by atoms with Crippen LogP contribution in [0.2, 0.25) is 0 Å². The number of ether oxygens (including phenoxy) is 2. The first-order chi connectivity index (χ1) is 12.9. The molecule has 1 saturated heterocycles. The highest BCUT2D eigenvalue weighted by Crippen LogP contribution is 2.30. The van der Waals surface area contributed by atoms with Crippen LogP contribution in [-0.4, -0.2) is 48.5 Å². The third kappa shape index (κ3) is 3.77.